The Kier molecular flexibility index (Phi) is 1.17. The van der Waals surface area contributed by atoms with Crippen LogP contribution in [0.25, 0.3) is 0 Å². The zero-order valence-corrected chi connectivity index (χ0v) is 3.91. The molecule has 0 aliphatic carbocycles. The maximum absolute atomic E-state index is 8.39. The van der Waals surface area contributed by atoms with Gasteiger partial charge in [-0.25, -0.2) is 0 Å². The summed E-state index contributed by atoms with van der Waals surface area (Å²) in [7, 11) is 0.0764. The molecule has 2 nitrogen and oxygen atoms in total. The van der Waals surface area contributed by atoms with Gasteiger partial charge in [-0.2, -0.15) is 0 Å². The van der Waals surface area contributed by atoms with E-state index in [4.69, 9.17) is 5.02 Å². The van der Waals surface area contributed by atoms with Crippen LogP contribution in [-0.2, 0) is 0 Å². The molecule has 0 atom stereocenters. The maximum Gasteiger partial charge on any atom is 0.397 e. The molecule has 0 fully saturated rings. The van der Waals surface area contributed by atoms with Crippen LogP contribution in [0.2, 0.25) is 0 Å². The Morgan fingerprint density at radius 3 is 2.14 bits per heavy atom. The maximum atomic E-state index is 8.39. The van der Waals surface area contributed by atoms with Crippen molar-refractivity contribution >= 4 is 7.62 Å². The molecule has 0 aliphatic heterocycles. The van der Waals surface area contributed by atoms with Crippen LogP contribution >= 0.6 is 0 Å². The van der Waals surface area contributed by atoms with Gasteiger partial charge in [0.2, 0.25) is 0 Å². The van der Waals surface area contributed by atoms with Crippen molar-refractivity contribution in [1.82, 2.24) is 4.48 Å². The molecular weight excluding hydrogens is 88.9 g/mol. The van der Waals surface area contributed by atoms with Gasteiger partial charge in [-0.05, 0) is 24.5 Å². The van der Waals surface area contributed by atoms with E-state index in [1.54, 1.807) is 16.9 Å². The van der Waals surface area contributed by atoms with Crippen molar-refractivity contribution in [2.24, 2.45) is 0 Å². The molecule has 1 N–H and O–H groups in total. The number of aromatic nitrogens is 1. The van der Waals surface area contributed by atoms with Crippen LogP contribution in [0.4, 0.5) is 0 Å². The SMILES string of the molecule is OBn1cccc1. The minimum atomic E-state index is 0.0764. The number of hydrogen-bond acceptors (Lipinski definition) is 1. The Balaban J connectivity index is 2.76. The van der Waals surface area contributed by atoms with Crippen LogP contribution in [0.5, 0.6) is 0 Å². The second-order valence-corrected chi connectivity index (χ2v) is 1.34. The molecule has 7 heavy (non-hydrogen) atoms. The summed E-state index contributed by atoms with van der Waals surface area (Å²) in [6, 6.07) is 3.74. The predicted octanol–water partition coefficient (Wildman–Crippen LogP) is -0.405. The first-order valence-electron chi connectivity index (χ1n) is 2.15. The van der Waals surface area contributed by atoms with E-state index in [1.807, 2.05) is 12.1 Å². The highest BCUT2D eigenvalue weighted by molar-refractivity contribution is 6.23. The molecule has 1 aromatic heterocycles. The van der Waals surface area contributed by atoms with Crippen LogP contribution in [0.15, 0.2) is 24.5 Å². The van der Waals surface area contributed by atoms with E-state index in [0.29, 0.717) is 0 Å². The molecule has 0 bridgehead atoms. The lowest BCUT2D eigenvalue weighted by atomic mass is 10.3. The fourth-order valence-corrected chi connectivity index (χ4v) is 0.464. The van der Waals surface area contributed by atoms with Gasteiger partial charge in [0.1, 0.15) is 0 Å². The molecule has 1 heterocycles. The minimum absolute atomic E-state index is 0.0764. The van der Waals surface area contributed by atoms with Crippen molar-refractivity contribution in [2.75, 3.05) is 0 Å². The van der Waals surface area contributed by atoms with Gasteiger partial charge in [-0.1, -0.05) is 0 Å². The van der Waals surface area contributed by atoms with E-state index >= 15 is 0 Å². The van der Waals surface area contributed by atoms with Crippen molar-refractivity contribution in [3.05, 3.63) is 24.5 Å². The van der Waals surface area contributed by atoms with Crippen molar-refractivity contribution in [3.8, 4) is 0 Å². The van der Waals surface area contributed by atoms with Crippen LogP contribution < -0.4 is 0 Å². The topological polar surface area (TPSA) is 25.2 Å². The largest absolute Gasteiger partial charge is 0.435 e. The van der Waals surface area contributed by atoms with Gasteiger partial charge in [0.05, 0.1) is 0 Å². The summed E-state index contributed by atoms with van der Waals surface area (Å²) < 4.78 is 1.68. The lowest BCUT2D eigenvalue weighted by molar-refractivity contribution is 0.589. The Morgan fingerprint density at radius 2 is 1.86 bits per heavy atom. The molecule has 0 spiro atoms. The average Bonchev–Trinajstić information content (AvgIpc) is 2.14. The summed E-state index contributed by atoms with van der Waals surface area (Å²) in [6.45, 7) is 0. The highest BCUT2D eigenvalue weighted by Crippen LogP contribution is 1.82. The summed E-state index contributed by atoms with van der Waals surface area (Å²) in [6.07, 6.45) is 3.61. The zero-order chi connectivity index (χ0) is 5.11. The Bertz CT molecular complexity index is 126. The first kappa shape index (κ1) is 4.46. The predicted molar refractivity (Wildman–Crippen MR) is 29.2 cm³/mol. The van der Waals surface area contributed by atoms with Crippen molar-refractivity contribution in [1.29, 1.82) is 0 Å². The number of rotatable bonds is 1. The summed E-state index contributed by atoms with van der Waals surface area (Å²) in [5, 5.41) is 8.39. The summed E-state index contributed by atoms with van der Waals surface area (Å²) in [4.78, 5) is 0. The van der Waals surface area contributed by atoms with E-state index in [0.717, 1.165) is 0 Å². The van der Waals surface area contributed by atoms with Gasteiger partial charge in [0.15, 0.2) is 0 Å². The standard InChI is InChI=1S/C4H6BNO/c7-5-6-3-1-2-4-6/h1-5,7H. The third-order valence-electron chi connectivity index (χ3n) is 0.829. The highest BCUT2D eigenvalue weighted by atomic mass is 16.2. The van der Waals surface area contributed by atoms with Crippen LogP contribution in [-0.4, -0.2) is 17.1 Å². The fourth-order valence-electron chi connectivity index (χ4n) is 0.464. The second-order valence-electron chi connectivity index (χ2n) is 1.34. The number of hydrogen-bond donors (Lipinski definition) is 1. The molecule has 0 unspecified atom stereocenters. The van der Waals surface area contributed by atoms with Gasteiger partial charge < -0.3 is 9.50 Å². The smallest absolute Gasteiger partial charge is 0.397 e. The fraction of sp³-hybridized carbons (Fsp3) is 0. The lowest BCUT2D eigenvalue weighted by Crippen LogP contribution is -1.99. The number of nitrogens with zero attached hydrogens (tertiary/aromatic N) is 1. The molecule has 3 heteroatoms. The first-order valence-corrected chi connectivity index (χ1v) is 2.15. The van der Waals surface area contributed by atoms with Crippen LogP contribution in [0.1, 0.15) is 0 Å². The first-order chi connectivity index (χ1) is 3.43. The van der Waals surface area contributed by atoms with E-state index in [9.17, 15) is 0 Å². The highest BCUT2D eigenvalue weighted by Gasteiger charge is 1.81. The van der Waals surface area contributed by atoms with E-state index in [-0.39, 0.29) is 7.62 Å². The van der Waals surface area contributed by atoms with Crippen molar-refractivity contribution < 1.29 is 5.02 Å². The minimum Gasteiger partial charge on any atom is -0.435 e. The van der Waals surface area contributed by atoms with E-state index in [2.05, 4.69) is 0 Å². The van der Waals surface area contributed by atoms with Gasteiger partial charge in [-0.15, -0.1) is 0 Å². The van der Waals surface area contributed by atoms with E-state index < -0.39 is 0 Å². The van der Waals surface area contributed by atoms with E-state index in [1.165, 1.54) is 0 Å². The lowest BCUT2D eigenvalue weighted by Gasteiger charge is -1.86. The molecule has 1 aromatic rings. The molecule has 1 rings (SSSR count). The van der Waals surface area contributed by atoms with Crippen LogP contribution in [0, 0.1) is 0 Å². The monoisotopic (exact) mass is 95.1 g/mol. The Morgan fingerprint density at radius 1 is 1.29 bits per heavy atom. The molecule has 36 valence electrons. The van der Waals surface area contributed by atoms with Gasteiger partial charge >= 0.3 is 7.62 Å². The van der Waals surface area contributed by atoms with Crippen LogP contribution in [0.3, 0.4) is 0 Å². The van der Waals surface area contributed by atoms with Crippen molar-refractivity contribution in [2.45, 2.75) is 0 Å². The van der Waals surface area contributed by atoms with Gasteiger partial charge in [0.25, 0.3) is 0 Å². The second kappa shape index (κ2) is 1.84. The third-order valence-corrected chi connectivity index (χ3v) is 0.829. The van der Waals surface area contributed by atoms with Gasteiger partial charge in [-0.3, -0.25) is 0 Å². The quantitative estimate of drug-likeness (QED) is 0.471. The van der Waals surface area contributed by atoms with Gasteiger partial charge in [0, 0.05) is 0 Å². The molecular formula is C4H6BNO. The van der Waals surface area contributed by atoms with Crippen molar-refractivity contribution in [3.63, 3.8) is 0 Å². The average molecular weight is 94.9 g/mol. The third kappa shape index (κ3) is 0.840. The zero-order valence-electron chi connectivity index (χ0n) is 3.91. The summed E-state index contributed by atoms with van der Waals surface area (Å²) in [5.74, 6) is 0. The molecule has 0 aliphatic rings. The summed E-state index contributed by atoms with van der Waals surface area (Å²) in [5.41, 5.74) is 0. The molecule has 0 aromatic carbocycles. The molecule has 0 radical (unpaired) electrons. The molecule has 0 saturated carbocycles. The molecule has 0 amide bonds. The molecule has 0 saturated heterocycles. The summed E-state index contributed by atoms with van der Waals surface area (Å²) >= 11 is 0. The Labute approximate surface area is 42.7 Å². The normalized spacial score (nSPS) is 8.71. The Hall–Kier alpha value is -0.695.